The van der Waals surface area contributed by atoms with Gasteiger partial charge in [0.25, 0.3) is 0 Å². The summed E-state index contributed by atoms with van der Waals surface area (Å²) in [7, 11) is -7.43. The zero-order valence-electron chi connectivity index (χ0n) is 15.0. The Kier molecular flexibility index (Phi) is 5.87. The number of hydrogen-bond donors (Lipinski definition) is 1. The molecule has 0 radical (unpaired) electrons. The Labute approximate surface area is 159 Å². The van der Waals surface area contributed by atoms with Gasteiger partial charge in [0.1, 0.15) is 0 Å². The van der Waals surface area contributed by atoms with Gasteiger partial charge < -0.3 is 4.74 Å². The lowest BCUT2D eigenvalue weighted by Gasteiger charge is -2.26. The van der Waals surface area contributed by atoms with Gasteiger partial charge in [-0.15, -0.1) is 0 Å². The molecule has 0 bridgehead atoms. The summed E-state index contributed by atoms with van der Waals surface area (Å²) >= 11 is 0. The van der Waals surface area contributed by atoms with Gasteiger partial charge in [-0.3, -0.25) is 9.69 Å². The number of amides is 1. The van der Waals surface area contributed by atoms with Gasteiger partial charge in [0.15, 0.2) is 0 Å². The van der Waals surface area contributed by atoms with Crippen LogP contribution < -0.4 is 9.03 Å². The van der Waals surface area contributed by atoms with Crippen molar-refractivity contribution in [2.75, 3.05) is 49.5 Å². The lowest BCUT2D eigenvalue weighted by atomic mass is 10.2. The van der Waals surface area contributed by atoms with Crippen molar-refractivity contribution in [3.05, 3.63) is 24.3 Å². The smallest absolute Gasteiger partial charge is 0.244 e. The van der Waals surface area contributed by atoms with E-state index in [-0.39, 0.29) is 22.9 Å². The Morgan fingerprint density at radius 3 is 2.37 bits per heavy atom. The van der Waals surface area contributed by atoms with E-state index in [0.29, 0.717) is 19.8 Å². The van der Waals surface area contributed by atoms with Crippen molar-refractivity contribution in [2.24, 2.45) is 5.92 Å². The molecule has 0 saturated carbocycles. The minimum absolute atomic E-state index is 0.0188. The average Bonchev–Trinajstić information content (AvgIpc) is 2.83. The van der Waals surface area contributed by atoms with Crippen molar-refractivity contribution in [3.8, 4) is 0 Å². The topological polar surface area (TPSA) is 113 Å². The van der Waals surface area contributed by atoms with E-state index in [1.54, 1.807) is 6.92 Å². The van der Waals surface area contributed by atoms with Crippen LogP contribution in [-0.2, 0) is 29.6 Å². The second-order valence-electron chi connectivity index (χ2n) is 6.63. The molecule has 2 saturated heterocycles. The number of ether oxygens (including phenoxy) is 1. The van der Waals surface area contributed by atoms with E-state index in [1.165, 1.54) is 24.3 Å². The predicted octanol–water partition coefficient (Wildman–Crippen LogP) is -0.390. The van der Waals surface area contributed by atoms with Crippen LogP contribution in [0.2, 0.25) is 0 Å². The maximum atomic E-state index is 12.4. The highest BCUT2D eigenvalue weighted by molar-refractivity contribution is 7.94. The van der Waals surface area contributed by atoms with Crippen LogP contribution in [0.15, 0.2) is 29.2 Å². The van der Waals surface area contributed by atoms with Gasteiger partial charge in [0.05, 0.1) is 35.5 Å². The molecular weight excluding hydrogens is 394 g/mol. The van der Waals surface area contributed by atoms with E-state index in [2.05, 4.69) is 9.62 Å². The summed E-state index contributed by atoms with van der Waals surface area (Å²) in [4.78, 5) is 14.2. The van der Waals surface area contributed by atoms with Gasteiger partial charge in [-0.25, -0.2) is 25.9 Å². The summed E-state index contributed by atoms with van der Waals surface area (Å²) in [6.45, 7) is 5.23. The van der Waals surface area contributed by atoms with Gasteiger partial charge in [-0.05, 0) is 24.3 Å². The molecule has 0 spiro atoms. The number of morpholine rings is 1. The largest absolute Gasteiger partial charge is 0.379 e. The summed E-state index contributed by atoms with van der Waals surface area (Å²) in [5.41, 5.74) is 0.150. The Balaban J connectivity index is 1.66. The molecule has 2 heterocycles. The summed E-state index contributed by atoms with van der Waals surface area (Å²) < 4.78 is 57.6. The van der Waals surface area contributed by atoms with Crippen molar-refractivity contribution in [2.45, 2.75) is 11.8 Å². The molecule has 0 aliphatic carbocycles. The highest BCUT2D eigenvalue weighted by Crippen LogP contribution is 2.28. The molecule has 2 aliphatic rings. The molecule has 9 nitrogen and oxygen atoms in total. The van der Waals surface area contributed by atoms with E-state index >= 15 is 0 Å². The number of carbonyl (C=O) groups excluding carboxylic acids is 1. The standard InChI is InChI=1S/C16H23N3O6S2/c1-13-12-26(21,22)19(16(13)20)14-2-4-15(5-3-14)27(23,24)17-6-7-18-8-10-25-11-9-18/h2-5,13,17H,6-12H2,1H3/t13-/m1/s1. The molecule has 1 atom stereocenters. The van der Waals surface area contributed by atoms with Crippen LogP contribution in [0.25, 0.3) is 0 Å². The molecule has 150 valence electrons. The monoisotopic (exact) mass is 417 g/mol. The number of nitrogens with one attached hydrogen (secondary N) is 1. The Morgan fingerprint density at radius 2 is 1.81 bits per heavy atom. The van der Waals surface area contributed by atoms with Gasteiger partial charge in [0.2, 0.25) is 26.0 Å². The van der Waals surface area contributed by atoms with Crippen LogP contribution in [0, 0.1) is 5.92 Å². The first kappa shape index (κ1) is 20.2. The highest BCUT2D eigenvalue weighted by Gasteiger charge is 2.41. The summed E-state index contributed by atoms with van der Waals surface area (Å²) in [6.07, 6.45) is 0. The van der Waals surface area contributed by atoms with Gasteiger partial charge in [-0.1, -0.05) is 6.92 Å². The van der Waals surface area contributed by atoms with Gasteiger partial charge in [0, 0.05) is 26.2 Å². The van der Waals surface area contributed by atoms with Crippen molar-refractivity contribution < 1.29 is 26.4 Å². The lowest BCUT2D eigenvalue weighted by Crippen LogP contribution is -2.41. The summed E-state index contributed by atoms with van der Waals surface area (Å²) in [5.74, 6) is -1.36. The zero-order chi connectivity index (χ0) is 19.7. The van der Waals surface area contributed by atoms with Crippen molar-refractivity contribution in [1.82, 2.24) is 9.62 Å². The highest BCUT2D eigenvalue weighted by atomic mass is 32.2. The van der Waals surface area contributed by atoms with Crippen LogP contribution >= 0.6 is 0 Å². The predicted molar refractivity (Wildman–Crippen MR) is 99.3 cm³/mol. The molecule has 1 N–H and O–H groups in total. The number of sulfonamides is 2. The third kappa shape index (κ3) is 4.49. The molecule has 2 aliphatic heterocycles. The SMILES string of the molecule is C[C@@H]1CS(=O)(=O)N(c2ccc(S(=O)(=O)NCCN3CCOCC3)cc2)C1=O. The normalized spacial score (nSPS) is 23.7. The molecular formula is C16H23N3O6S2. The Hall–Kier alpha value is -1.53. The van der Waals surface area contributed by atoms with E-state index in [4.69, 9.17) is 4.74 Å². The van der Waals surface area contributed by atoms with E-state index in [0.717, 1.165) is 17.4 Å². The van der Waals surface area contributed by atoms with E-state index in [1.807, 2.05) is 0 Å². The fraction of sp³-hybridized carbons (Fsp3) is 0.562. The number of rotatable bonds is 6. The molecule has 0 aromatic heterocycles. The number of anilines is 1. The van der Waals surface area contributed by atoms with Gasteiger partial charge >= 0.3 is 0 Å². The number of nitrogens with zero attached hydrogens (tertiary/aromatic N) is 2. The number of hydrogen-bond acceptors (Lipinski definition) is 7. The van der Waals surface area contributed by atoms with E-state index in [9.17, 15) is 21.6 Å². The maximum absolute atomic E-state index is 12.4. The molecule has 1 aromatic carbocycles. The fourth-order valence-electron chi connectivity index (χ4n) is 3.09. The minimum Gasteiger partial charge on any atom is -0.379 e. The Bertz CT molecular complexity index is 893. The number of carbonyl (C=O) groups is 1. The molecule has 1 amide bonds. The quantitative estimate of drug-likeness (QED) is 0.671. The third-order valence-electron chi connectivity index (χ3n) is 4.57. The second-order valence-corrected chi connectivity index (χ2v) is 10.3. The number of benzene rings is 1. The average molecular weight is 418 g/mol. The molecule has 0 unspecified atom stereocenters. The van der Waals surface area contributed by atoms with E-state index < -0.39 is 31.9 Å². The van der Waals surface area contributed by atoms with Crippen LogP contribution in [-0.4, -0.2) is 72.8 Å². The van der Waals surface area contributed by atoms with Crippen LogP contribution in [0.3, 0.4) is 0 Å². The summed E-state index contributed by atoms with van der Waals surface area (Å²) in [5, 5.41) is 0. The lowest BCUT2D eigenvalue weighted by molar-refractivity contribution is -0.119. The zero-order valence-corrected chi connectivity index (χ0v) is 16.6. The first-order chi connectivity index (χ1) is 12.7. The fourth-order valence-corrected chi connectivity index (χ4v) is 5.94. The van der Waals surface area contributed by atoms with Gasteiger partial charge in [-0.2, -0.15) is 0 Å². The summed E-state index contributed by atoms with van der Waals surface area (Å²) in [6, 6.07) is 5.28. The van der Waals surface area contributed by atoms with Crippen LogP contribution in [0.4, 0.5) is 5.69 Å². The van der Waals surface area contributed by atoms with Crippen molar-refractivity contribution in [3.63, 3.8) is 0 Å². The first-order valence-corrected chi connectivity index (χ1v) is 11.8. The van der Waals surface area contributed by atoms with Crippen LogP contribution in [0.1, 0.15) is 6.92 Å². The molecule has 27 heavy (non-hydrogen) atoms. The maximum Gasteiger partial charge on any atom is 0.244 e. The molecule has 3 rings (SSSR count). The van der Waals surface area contributed by atoms with Crippen molar-refractivity contribution in [1.29, 1.82) is 0 Å². The molecule has 1 aromatic rings. The van der Waals surface area contributed by atoms with Crippen LogP contribution in [0.5, 0.6) is 0 Å². The van der Waals surface area contributed by atoms with Crippen molar-refractivity contribution >= 4 is 31.6 Å². The third-order valence-corrected chi connectivity index (χ3v) is 7.91. The first-order valence-electron chi connectivity index (χ1n) is 8.67. The second kappa shape index (κ2) is 7.84. The minimum atomic E-state index is -3.72. The Morgan fingerprint density at radius 1 is 1.19 bits per heavy atom. The molecule has 11 heteroatoms. The molecule has 2 fully saturated rings.